The molecule has 1 amide bonds. The Hall–Kier alpha value is -2.43. The Morgan fingerprint density at radius 2 is 2.05 bits per heavy atom. The first-order valence-electron chi connectivity index (χ1n) is 6.91. The number of halogens is 1. The summed E-state index contributed by atoms with van der Waals surface area (Å²) in [4.78, 5) is 18.0. The molecule has 0 saturated heterocycles. The maximum Gasteiger partial charge on any atom is 0.262 e. The van der Waals surface area contributed by atoms with Crippen molar-refractivity contribution in [1.29, 1.82) is 0 Å². The molecule has 0 saturated carbocycles. The number of para-hydroxylation sites is 1. The third kappa shape index (κ3) is 3.56. The van der Waals surface area contributed by atoms with Crippen molar-refractivity contribution >= 4 is 17.4 Å². The number of pyridine rings is 1. The summed E-state index contributed by atoms with van der Waals surface area (Å²) < 4.78 is 13.3. The van der Waals surface area contributed by atoms with Crippen LogP contribution in [0.15, 0.2) is 42.6 Å². The Balaban J connectivity index is 2.36. The highest BCUT2D eigenvalue weighted by atomic mass is 19.1. The van der Waals surface area contributed by atoms with Crippen LogP contribution >= 0.6 is 0 Å². The lowest BCUT2D eigenvalue weighted by Crippen LogP contribution is -2.32. The van der Waals surface area contributed by atoms with Gasteiger partial charge in [0.1, 0.15) is 11.6 Å². The van der Waals surface area contributed by atoms with Crippen LogP contribution in [0.4, 0.5) is 15.9 Å². The number of nitrogens with two attached hydrogens (primary N) is 1. The van der Waals surface area contributed by atoms with Crippen LogP contribution in [0.5, 0.6) is 0 Å². The highest BCUT2D eigenvalue weighted by molar-refractivity contribution is 6.08. The number of aromatic nitrogens is 1. The van der Waals surface area contributed by atoms with E-state index in [1.807, 2.05) is 37.3 Å². The molecular formula is C16H18FN3O. The van der Waals surface area contributed by atoms with Gasteiger partial charge in [-0.3, -0.25) is 4.79 Å². The van der Waals surface area contributed by atoms with Crippen LogP contribution in [0.1, 0.15) is 30.1 Å². The standard InChI is InChI=1S/C16H18FN3O/c1-2-3-9-20(13-7-5-4-6-8-13)16(21)14-10-12(17)11-19-15(14)18/h4-8,10-11H,2-3,9H2,1H3,(H2,18,19). The monoisotopic (exact) mass is 287 g/mol. The molecule has 0 fully saturated rings. The van der Waals surface area contributed by atoms with Crippen LogP contribution in [0.25, 0.3) is 0 Å². The van der Waals surface area contributed by atoms with Crippen molar-refractivity contribution in [3.63, 3.8) is 0 Å². The summed E-state index contributed by atoms with van der Waals surface area (Å²) >= 11 is 0. The molecule has 1 aromatic carbocycles. The summed E-state index contributed by atoms with van der Waals surface area (Å²) in [6, 6.07) is 10.4. The zero-order valence-electron chi connectivity index (χ0n) is 11.9. The Kier molecular flexibility index (Phi) is 4.87. The lowest BCUT2D eigenvalue weighted by atomic mass is 10.1. The molecule has 0 spiro atoms. The fourth-order valence-electron chi connectivity index (χ4n) is 2.04. The first-order chi connectivity index (χ1) is 10.1. The van der Waals surface area contributed by atoms with Gasteiger partial charge < -0.3 is 10.6 Å². The molecule has 5 heteroatoms. The molecule has 0 aliphatic rings. The van der Waals surface area contributed by atoms with E-state index >= 15 is 0 Å². The molecule has 0 aliphatic heterocycles. The summed E-state index contributed by atoms with van der Waals surface area (Å²) in [5.41, 5.74) is 6.57. The van der Waals surface area contributed by atoms with Crippen LogP contribution in [-0.4, -0.2) is 17.4 Å². The topological polar surface area (TPSA) is 59.2 Å². The van der Waals surface area contributed by atoms with Crippen molar-refractivity contribution in [3.05, 3.63) is 54.0 Å². The minimum absolute atomic E-state index is 0.0406. The molecule has 21 heavy (non-hydrogen) atoms. The summed E-state index contributed by atoms with van der Waals surface area (Å²) in [6.45, 7) is 2.60. The Morgan fingerprint density at radius 1 is 1.33 bits per heavy atom. The molecular weight excluding hydrogens is 269 g/mol. The van der Waals surface area contributed by atoms with Crippen molar-refractivity contribution in [2.45, 2.75) is 19.8 Å². The van der Waals surface area contributed by atoms with E-state index in [2.05, 4.69) is 4.98 Å². The smallest absolute Gasteiger partial charge is 0.262 e. The minimum atomic E-state index is -0.573. The van der Waals surface area contributed by atoms with Crippen molar-refractivity contribution in [1.82, 2.24) is 4.98 Å². The second kappa shape index (κ2) is 6.83. The Morgan fingerprint density at radius 3 is 2.71 bits per heavy atom. The molecule has 110 valence electrons. The highest BCUT2D eigenvalue weighted by Gasteiger charge is 2.20. The second-order valence-corrected chi connectivity index (χ2v) is 4.73. The second-order valence-electron chi connectivity index (χ2n) is 4.73. The van der Waals surface area contributed by atoms with Crippen LogP contribution < -0.4 is 10.6 Å². The Bertz CT molecular complexity index is 616. The van der Waals surface area contributed by atoms with E-state index in [1.165, 1.54) is 0 Å². The summed E-state index contributed by atoms with van der Waals surface area (Å²) in [5.74, 6) is -0.867. The van der Waals surface area contributed by atoms with E-state index in [-0.39, 0.29) is 17.3 Å². The third-order valence-corrected chi connectivity index (χ3v) is 3.16. The number of anilines is 2. The molecule has 0 bridgehead atoms. The maximum atomic E-state index is 13.3. The number of unbranched alkanes of at least 4 members (excludes halogenated alkanes) is 1. The number of hydrogen-bond acceptors (Lipinski definition) is 3. The van der Waals surface area contributed by atoms with Gasteiger partial charge >= 0.3 is 0 Å². The number of carbonyl (C=O) groups is 1. The van der Waals surface area contributed by atoms with Crippen LogP contribution in [0.3, 0.4) is 0 Å². The van der Waals surface area contributed by atoms with E-state index in [1.54, 1.807) is 4.90 Å². The predicted octanol–water partition coefficient (Wildman–Crippen LogP) is 3.25. The molecule has 0 radical (unpaired) electrons. The zero-order valence-corrected chi connectivity index (χ0v) is 11.9. The molecule has 2 aromatic rings. The highest BCUT2D eigenvalue weighted by Crippen LogP contribution is 2.20. The lowest BCUT2D eigenvalue weighted by Gasteiger charge is -2.23. The third-order valence-electron chi connectivity index (χ3n) is 3.16. The van der Waals surface area contributed by atoms with Gasteiger partial charge in [0.2, 0.25) is 0 Å². The van der Waals surface area contributed by atoms with Gasteiger partial charge in [-0.15, -0.1) is 0 Å². The van der Waals surface area contributed by atoms with Crippen molar-refractivity contribution in [2.24, 2.45) is 0 Å². The first-order valence-corrected chi connectivity index (χ1v) is 6.91. The summed E-state index contributed by atoms with van der Waals surface area (Å²) in [7, 11) is 0. The van der Waals surface area contributed by atoms with Gasteiger partial charge in [-0.05, 0) is 24.6 Å². The van der Waals surface area contributed by atoms with Gasteiger partial charge in [0.25, 0.3) is 5.91 Å². The van der Waals surface area contributed by atoms with E-state index in [9.17, 15) is 9.18 Å². The van der Waals surface area contributed by atoms with Gasteiger partial charge in [0, 0.05) is 12.2 Å². The Labute approximate surface area is 123 Å². The average Bonchev–Trinajstić information content (AvgIpc) is 2.51. The van der Waals surface area contributed by atoms with Gasteiger partial charge in [-0.2, -0.15) is 0 Å². The van der Waals surface area contributed by atoms with Crippen molar-refractivity contribution in [2.75, 3.05) is 17.2 Å². The first kappa shape index (κ1) is 15.0. The molecule has 2 N–H and O–H groups in total. The number of amides is 1. The number of nitrogen functional groups attached to an aromatic ring is 1. The average molecular weight is 287 g/mol. The van der Waals surface area contributed by atoms with Gasteiger partial charge in [-0.1, -0.05) is 31.5 Å². The fourth-order valence-corrected chi connectivity index (χ4v) is 2.04. The number of hydrogen-bond donors (Lipinski definition) is 1. The van der Waals surface area contributed by atoms with Crippen LogP contribution in [0.2, 0.25) is 0 Å². The SMILES string of the molecule is CCCCN(C(=O)c1cc(F)cnc1N)c1ccccc1. The molecule has 0 atom stereocenters. The normalized spacial score (nSPS) is 10.4. The maximum absolute atomic E-state index is 13.3. The number of nitrogens with zero attached hydrogens (tertiary/aromatic N) is 2. The molecule has 0 unspecified atom stereocenters. The lowest BCUT2D eigenvalue weighted by molar-refractivity contribution is 0.0986. The van der Waals surface area contributed by atoms with Crippen molar-refractivity contribution < 1.29 is 9.18 Å². The quantitative estimate of drug-likeness (QED) is 0.918. The van der Waals surface area contributed by atoms with E-state index < -0.39 is 5.82 Å². The van der Waals surface area contributed by atoms with Crippen LogP contribution in [0, 0.1) is 5.82 Å². The molecule has 1 aromatic heterocycles. The van der Waals surface area contributed by atoms with E-state index in [4.69, 9.17) is 5.73 Å². The number of carbonyl (C=O) groups excluding carboxylic acids is 1. The van der Waals surface area contributed by atoms with Gasteiger partial charge in [0.15, 0.2) is 0 Å². The molecule has 2 rings (SSSR count). The minimum Gasteiger partial charge on any atom is -0.383 e. The fraction of sp³-hybridized carbons (Fsp3) is 0.250. The molecule has 1 heterocycles. The number of benzene rings is 1. The largest absolute Gasteiger partial charge is 0.383 e. The number of rotatable bonds is 5. The van der Waals surface area contributed by atoms with Crippen LogP contribution in [-0.2, 0) is 0 Å². The van der Waals surface area contributed by atoms with Crippen molar-refractivity contribution in [3.8, 4) is 0 Å². The zero-order chi connectivity index (χ0) is 15.2. The van der Waals surface area contributed by atoms with Gasteiger partial charge in [-0.25, -0.2) is 9.37 Å². The predicted molar refractivity (Wildman–Crippen MR) is 81.6 cm³/mol. The summed E-state index contributed by atoms with van der Waals surface area (Å²) in [5, 5.41) is 0. The molecule has 4 nitrogen and oxygen atoms in total. The van der Waals surface area contributed by atoms with Gasteiger partial charge in [0.05, 0.1) is 11.8 Å². The summed E-state index contributed by atoms with van der Waals surface area (Å²) in [6.07, 6.45) is 2.81. The van der Waals surface area contributed by atoms with E-state index in [0.29, 0.717) is 6.54 Å². The molecule has 0 aliphatic carbocycles. The van der Waals surface area contributed by atoms with E-state index in [0.717, 1.165) is 30.8 Å².